The van der Waals surface area contributed by atoms with Gasteiger partial charge >= 0.3 is 0 Å². The predicted octanol–water partition coefficient (Wildman–Crippen LogP) is 1.10. The van der Waals surface area contributed by atoms with Crippen LogP contribution in [0.25, 0.3) is 0 Å². The topological polar surface area (TPSA) is 125 Å². The van der Waals surface area contributed by atoms with Crippen molar-refractivity contribution in [3.63, 3.8) is 0 Å². The third kappa shape index (κ3) is 9.01. The summed E-state index contributed by atoms with van der Waals surface area (Å²) in [7, 11) is 0. The van der Waals surface area contributed by atoms with Gasteiger partial charge in [0, 0.05) is 18.7 Å². The van der Waals surface area contributed by atoms with Crippen molar-refractivity contribution in [1.29, 1.82) is 0 Å². The van der Waals surface area contributed by atoms with Crippen LogP contribution in [0.4, 0.5) is 0 Å². The lowest BCUT2D eigenvalue weighted by Crippen LogP contribution is -2.34. The molecule has 1 aromatic carbocycles. The van der Waals surface area contributed by atoms with E-state index in [1.54, 1.807) is 6.07 Å². The molecule has 0 aliphatic heterocycles. The van der Waals surface area contributed by atoms with Gasteiger partial charge in [-0.3, -0.25) is 10.6 Å². The second-order valence-electron chi connectivity index (χ2n) is 6.88. The Labute approximate surface area is 162 Å². The second kappa shape index (κ2) is 13.9. The monoisotopic (exact) mass is 384 g/mol. The van der Waals surface area contributed by atoms with E-state index in [2.05, 4.69) is 17.6 Å². The van der Waals surface area contributed by atoms with Crippen molar-refractivity contribution in [1.82, 2.24) is 10.6 Å². The zero-order chi connectivity index (χ0) is 20.1. The summed E-state index contributed by atoms with van der Waals surface area (Å²) < 4.78 is 0. The van der Waals surface area contributed by atoms with Gasteiger partial charge in [-0.2, -0.15) is 0 Å². The van der Waals surface area contributed by atoms with Gasteiger partial charge in [0.15, 0.2) is 0 Å². The minimum atomic E-state index is -1.07. The summed E-state index contributed by atoms with van der Waals surface area (Å²) in [6.45, 7) is 1.84. The fourth-order valence-corrected chi connectivity index (χ4v) is 3.05. The highest BCUT2D eigenvalue weighted by Gasteiger charge is 2.15. The van der Waals surface area contributed by atoms with E-state index >= 15 is 0 Å². The average molecular weight is 385 g/mol. The van der Waals surface area contributed by atoms with Crippen LogP contribution in [-0.4, -0.2) is 51.2 Å². The van der Waals surface area contributed by atoms with Crippen LogP contribution < -0.4 is 10.6 Å². The van der Waals surface area contributed by atoms with E-state index < -0.39 is 25.7 Å². The maximum absolute atomic E-state index is 10.3. The molecule has 2 atom stereocenters. The zero-order valence-corrected chi connectivity index (χ0v) is 16.3. The number of aliphatic hydroxyl groups is 4. The normalized spacial score (nSPS) is 13.7. The molecule has 7 heteroatoms. The van der Waals surface area contributed by atoms with Gasteiger partial charge in [0.25, 0.3) is 0 Å². The Morgan fingerprint density at radius 1 is 0.815 bits per heavy atom. The Morgan fingerprint density at radius 2 is 1.37 bits per heavy atom. The van der Waals surface area contributed by atoms with E-state index in [0.717, 1.165) is 30.4 Å². The quantitative estimate of drug-likeness (QED) is 0.178. The molecule has 0 bridgehead atoms. The summed E-state index contributed by atoms with van der Waals surface area (Å²) in [5.74, 6) is 0.0922. The summed E-state index contributed by atoms with van der Waals surface area (Å²) in [6, 6.07) is 3.52. The van der Waals surface area contributed by atoms with Crippen molar-refractivity contribution in [3.8, 4) is 5.75 Å². The van der Waals surface area contributed by atoms with Gasteiger partial charge in [-0.1, -0.05) is 45.1 Å². The van der Waals surface area contributed by atoms with Crippen LogP contribution in [0.15, 0.2) is 12.1 Å². The molecular weight excluding hydrogens is 348 g/mol. The molecule has 1 rings (SSSR count). The highest BCUT2D eigenvalue weighted by atomic mass is 16.3. The minimum absolute atomic E-state index is 0.0922. The Bertz CT molecular complexity index is 527. The molecule has 0 aliphatic rings. The molecule has 0 saturated heterocycles. The van der Waals surface area contributed by atoms with Crippen molar-refractivity contribution < 1.29 is 25.5 Å². The van der Waals surface area contributed by atoms with Gasteiger partial charge in [0.05, 0.1) is 13.2 Å². The first kappa shape index (κ1) is 23.8. The van der Waals surface area contributed by atoms with E-state index in [0.29, 0.717) is 5.56 Å². The molecule has 1 aromatic rings. The number of unbranched alkanes of at least 4 members (excludes halogenated alkanes) is 5. The van der Waals surface area contributed by atoms with Crippen LogP contribution in [0.5, 0.6) is 5.75 Å². The van der Waals surface area contributed by atoms with Crippen molar-refractivity contribution in [3.05, 3.63) is 28.8 Å². The van der Waals surface area contributed by atoms with Crippen LogP contribution in [0.1, 0.15) is 62.1 Å². The number of nitrogens with one attached hydrogen (secondary N) is 2. The van der Waals surface area contributed by atoms with Crippen molar-refractivity contribution in [2.45, 2.75) is 77.4 Å². The van der Waals surface area contributed by atoms with Crippen LogP contribution in [0.3, 0.4) is 0 Å². The van der Waals surface area contributed by atoms with E-state index in [-0.39, 0.29) is 18.8 Å². The average Bonchev–Trinajstić information content (AvgIpc) is 2.68. The van der Waals surface area contributed by atoms with Gasteiger partial charge in [-0.25, -0.2) is 0 Å². The third-order valence-electron chi connectivity index (χ3n) is 4.68. The zero-order valence-electron chi connectivity index (χ0n) is 16.3. The number of aromatic hydroxyl groups is 1. The van der Waals surface area contributed by atoms with Gasteiger partial charge in [0.2, 0.25) is 0 Å². The molecule has 7 N–H and O–H groups in total. The molecule has 156 valence electrons. The standard InChI is InChI=1S/C20H36N2O5/c1-2-3-4-5-6-7-8-15-9-10-18(25)17(12-22-20(27)14-24)16(15)11-21-19(26)13-23/h9-10,19-27H,2-8,11-14H2,1H3. The maximum atomic E-state index is 10.3. The first-order valence-electron chi connectivity index (χ1n) is 9.90. The highest BCUT2D eigenvalue weighted by molar-refractivity contribution is 5.44. The number of phenolic OH excluding ortho intramolecular Hbond substituents is 1. The molecule has 0 saturated carbocycles. The Morgan fingerprint density at radius 3 is 1.96 bits per heavy atom. The van der Waals surface area contributed by atoms with Crippen LogP contribution in [0, 0.1) is 0 Å². The number of benzene rings is 1. The maximum Gasteiger partial charge on any atom is 0.128 e. The summed E-state index contributed by atoms with van der Waals surface area (Å²) in [6.07, 6.45) is 5.85. The largest absolute Gasteiger partial charge is 0.508 e. The van der Waals surface area contributed by atoms with E-state index in [4.69, 9.17) is 10.2 Å². The third-order valence-corrected chi connectivity index (χ3v) is 4.68. The number of hydrogen-bond donors (Lipinski definition) is 7. The molecule has 7 nitrogen and oxygen atoms in total. The summed E-state index contributed by atoms with van der Waals surface area (Å²) in [5, 5.41) is 53.0. The van der Waals surface area contributed by atoms with Gasteiger partial charge in [-0.05, 0) is 30.0 Å². The highest BCUT2D eigenvalue weighted by Crippen LogP contribution is 2.26. The van der Waals surface area contributed by atoms with Crippen LogP contribution in [0.2, 0.25) is 0 Å². The molecule has 27 heavy (non-hydrogen) atoms. The molecule has 0 radical (unpaired) electrons. The van der Waals surface area contributed by atoms with Crippen molar-refractivity contribution >= 4 is 0 Å². The van der Waals surface area contributed by atoms with E-state index in [1.807, 2.05) is 6.07 Å². The van der Waals surface area contributed by atoms with Crippen molar-refractivity contribution in [2.75, 3.05) is 13.2 Å². The van der Waals surface area contributed by atoms with Gasteiger partial charge in [-0.15, -0.1) is 0 Å². The lowest BCUT2D eigenvalue weighted by atomic mass is 9.95. The number of aliphatic hydroxyl groups excluding tert-OH is 4. The fourth-order valence-electron chi connectivity index (χ4n) is 3.05. The molecule has 0 aliphatic carbocycles. The van der Waals surface area contributed by atoms with Crippen molar-refractivity contribution in [2.24, 2.45) is 0 Å². The van der Waals surface area contributed by atoms with E-state index in [1.165, 1.54) is 25.7 Å². The van der Waals surface area contributed by atoms with Crippen LogP contribution >= 0.6 is 0 Å². The number of phenols is 1. The molecule has 0 fully saturated rings. The molecule has 0 heterocycles. The smallest absolute Gasteiger partial charge is 0.128 e. The SMILES string of the molecule is CCCCCCCCc1ccc(O)c(CNC(O)CO)c1CNC(O)CO. The summed E-state index contributed by atoms with van der Waals surface area (Å²) >= 11 is 0. The minimum Gasteiger partial charge on any atom is -0.508 e. The molecule has 2 unspecified atom stereocenters. The number of rotatable bonds is 15. The first-order valence-corrected chi connectivity index (χ1v) is 9.90. The Kier molecular flexibility index (Phi) is 12.2. The van der Waals surface area contributed by atoms with Crippen LogP contribution in [-0.2, 0) is 19.5 Å². The first-order chi connectivity index (χ1) is 13.0. The lowest BCUT2D eigenvalue weighted by molar-refractivity contribution is 0.0647. The predicted molar refractivity (Wildman–Crippen MR) is 105 cm³/mol. The summed E-state index contributed by atoms with van der Waals surface area (Å²) in [5.41, 5.74) is 2.52. The Balaban J connectivity index is 2.84. The van der Waals surface area contributed by atoms with E-state index in [9.17, 15) is 15.3 Å². The van der Waals surface area contributed by atoms with Gasteiger partial charge in [0.1, 0.15) is 18.2 Å². The molecule has 0 spiro atoms. The summed E-state index contributed by atoms with van der Waals surface area (Å²) in [4.78, 5) is 0. The molecule has 0 aromatic heterocycles. The molecular formula is C20H36N2O5. The Hall–Kier alpha value is -1.22. The lowest BCUT2D eigenvalue weighted by Gasteiger charge is -2.20. The number of aryl methyl sites for hydroxylation is 1. The van der Waals surface area contributed by atoms with Gasteiger partial charge < -0.3 is 25.5 Å². The second-order valence-corrected chi connectivity index (χ2v) is 6.88. The molecule has 0 amide bonds. The number of hydrogen-bond acceptors (Lipinski definition) is 7. The fraction of sp³-hybridized carbons (Fsp3) is 0.700.